The van der Waals surface area contributed by atoms with E-state index in [1.165, 1.54) is 0 Å². The van der Waals surface area contributed by atoms with Gasteiger partial charge in [0.15, 0.2) is 5.69 Å². The Labute approximate surface area is 151 Å². The number of carbonyl (C=O) groups is 1. The molecule has 1 heterocycles. The second kappa shape index (κ2) is 6.67. The standard InChI is InChI=1S/C18H23BrN4O/c1-18(2,3)10-11-20-17(24)15-16(12-4-5-12)23(22-21-15)14-8-6-13(19)7-9-14/h6-9,12H,4-5,10-11H2,1-3H3,(H,20,24). The van der Waals surface area contributed by atoms with E-state index in [4.69, 9.17) is 0 Å². The van der Waals surface area contributed by atoms with Gasteiger partial charge in [-0.3, -0.25) is 4.79 Å². The van der Waals surface area contributed by atoms with Gasteiger partial charge in [0.05, 0.1) is 11.4 Å². The Morgan fingerprint density at radius 1 is 1.29 bits per heavy atom. The van der Waals surface area contributed by atoms with E-state index in [1.807, 2.05) is 28.9 Å². The molecule has 0 aliphatic heterocycles. The highest BCUT2D eigenvalue weighted by Gasteiger charge is 2.34. The Bertz CT molecular complexity index is 726. The van der Waals surface area contributed by atoms with Crippen molar-refractivity contribution in [1.82, 2.24) is 20.3 Å². The number of hydrogen-bond acceptors (Lipinski definition) is 3. The maximum atomic E-state index is 12.5. The number of hydrogen-bond donors (Lipinski definition) is 1. The van der Waals surface area contributed by atoms with Crippen LogP contribution in [0.4, 0.5) is 0 Å². The van der Waals surface area contributed by atoms with Crippen molar-refractivity contribution in [3.05, 3.63) is 40.1 Å². The lowest BCUT2D eigenvalue weighted by molar-refractivity contribution is 0.0943. The summed E-state index contributed by atoms with van der Waals surface area (Å²) in [7, 11) is 0. The molecule has 0 spiro atoms. The highest BCUT2D eigenvalue weighted by atomic mass is 79.9. The molecule has 24 heavy (non-hydrogen) atoms. The van der Waals surface area contributed by atoms with Gasteiger partial charge in [0.25, 0.3) is 5.91 Å². The molecular formula is C18H23BrN4O. The summed E-state index contributed by atoms with van der Waals surface area (Å²) in [6.45, 7) is 7.15. The van der Waals surface area contributed by atoms with Crippen LogP contribution in [0.2, 0.25) is 0 Å². The lowest BCUT2D eigenvalue weighted by Gasteiger charge is -2.17. The summed E-state index contributed by atoms with van der Waals surface area (Å²) in [4.78, 5) is 12.5. The van der Waals surface area contributed by atoms with E-state index in [9.17, 15) is 4.79 Å². The molecule has 5 nitrogen and oxygen atoms in total. The number of nitrogens with one attached hydrogen (secondary N) is 1. The number of aromatic nitrogens is 3. The first-order chi connectivity index (χ1) is 11.3. The fourth-order valence-corrected chi connectivity index (χ4v) is 2.85. The van der Waals surface area contributed by atoms with Crippen LogP contribution in [-0.2, 0) is 0 Å². The maximum absolute atomic E-state index is 12.5. The Balaban J connectivity index is 1.81. The van der Waals surface area contributed by atoms with Gasteiger partial charge in [0, 0.05) is 16.9 Å². The fourth-order valence-electron chi connectivity index (χ4n) is 2.58. The third-order valence-corrected chi connectivity index (χ3v) is 4.64. The molecule has 1 aliphatic carbocycles. The van der Waals surface area contributed by atoms with Crippen LogP contribution < -0.4 is 5.32 Å². The molecule has 1 saturated carbocycles. The zero-order chi connectivity index (χ0) is 17.3. The predicted octanol–water partition coefficient (Wildman–Crippen LogP) is 4.07. The van der Waals surface area contributed by atoms with E-state index >= 15 is 0 Å². The van der Waals surface area contributed by atoms with E-state index in [0.29, 0.717) is 18.2 Å². The molecular weight excluding hydrogens is 368 g/mol. The molecule has 0 radical (unpaired) electrons. The van der Waals surface area contributed by atoms with Gasteiger partial charge in [-0.25, -0.2) is 4.68 Å². The number of rotatable bonds is 5. The molecule has 1 N–H and O–H groups in total. The van der Waals surface area contributed by atoms with Crippen molar-refractivity contribution >= 4 is 21.8 Å². The van der Waals surface area contributed by atoms with Gasteiger partial charge >= 0.3 is 0 Å². The summed E-state index contributed by atoms with van der Waals surface area (Å²) < 4.78 is 2.82. The van der Waals surface area contributed by atoms with Crippen molar-refractivity contribution in [2.75, 3.05) is 6.54 Å². The van der Waals surface area contributed by atoms with Crippen molar-refractivity contribution < 1.29 is 4.79 Å². The summed E-state index contributed by atoms with van der Waals surface area (Å²) in [5.41, 5.74) is 2.53. The minimum absolute atomic E-state index is 0.121. The first-order valence-corrected chi connectivity index (χ1v) is 9.14. The molecule has 1 aromatic heterocycles. The summed E-state index contributed by atoms with van der Waals surface area (Å²) in [6.07, 6.45) is 3.11. The number of halogens is 1. The minimum atomic E-state index is -0.121. The van der Waals surface area contributed by atoms with Gasteiger partial charge in [0.2, 0.25) is 0 Å². The van der Waals surface area contributed by atoms with Crippen molar-refractivity contribution in [2.45, 2.75) is 46.0 Å². The normalized spacial score (nSPS) is 14.7. The predicted molar refractivity (Wildman–Crippen MR) is 97.4 cm³/mol. The molecule has 0 saturated heterocycles. The van der Waals surface area contributed by atoms with Gasteiger partial charge in [0.1, 0.15) is 0 Å². The monoisotopic (exact) mass is 390 g/mol. The molecule has 1 aromatic carbocycles. The van der Waals surface area contributed by atoms with Gasteiger partial charge in [-0.15, -0.1) is 5.10 Å². The van der Waals surface area contributed by atoms with Crippen LogP contribution in [0.1, 0.15) is 62.1 Å². The molecule has 128 valence electrons. The highest BCUT2D eigenvalue weighted by Crippen LogP contribution is 2.42. The van der Waals surface area contributed by atoms with Crippen molar-refractivity contribution in [3.63, 3.8) is 0 Å². The first-order valence-electron chi connectivity index (χ1n) is 8.35. The third-order valence-electron chi connectivity index (χ3n) is 4.12. The SMILES string of the molecule is CC(C)(C)CCNC(=O)c1nnn(-c2ccc(Br)cc2)c1C1CC1. The average Bonchev–Trinajstić information content (AvgIpc) is 3.25. The average molecular weight is 391 g/mol. The Hall–Kier alpha value is -1.69. The maximum Gasteiger partial charge on any atom is 0.273 e. The van der Waals surface area contributed by atoms with Gasteiger partial charge in [-0.2, -0.15) is 0 Å². The Morgan fingerprint density at radius 3 is 2.54 bits per heavy atom. The molecule has 0 bridgehead atoms. The van der Waals surface area contributed by atoms with E-state index in [-0.39, 0.29) is 11.3 Å². The van der Waals surface area contributed by atoms with Crippen molar-refractivity contribution in [2.24, 2.45) is 5.41 Å². The van der Waals surface area contributed by atoms with Crippen LogP contribution in [0.25, 0.3) is 5.69 Å². The zero-order valence-corrected chi connectivity index (χ0v) is 15.9. The molecule has 6 heteroatoms. The second-order valence-corrected chi connectivity index (χ2v) is 8.47. The molecule has 0 unspecified atom stereocenters. The fraction of sp³-hybridized carbons (Fsp3) is 0.500. The van der Waals surface area contributed by atoms with Crippen LogP contribution in [0, 0.1) is 5.41 Å². The van der Waals surface area contributed by atoms with Crippen LogP contribution in [0.5, 0.6) is 0 Å². The van der Waals surface area contributed by atoms with Crippen molar-refractivity contribution in [1.29, 1.82) is 0 Å². The van der Waals surface area contributed by atoms with E-state index in [0.717, 1.165) is 35.1 Å². The highest BCUT2D eigenvalue weighted by molar-refractivity contribution is 9.10. The van der Waals surface area contributed by atoms with Crippen LogP contribution in [-0.4, -0.2) is 27.4 Å². The van der Waals surface area contributed by atoms with Gasteiger partial charge in [-0.1, -0.05) is 41.9 Å². The molecule has 2 aromatic rings. The zero-order valence-electron chi connectivity index (χ0n) is 14.3. The molecule has 1 aliphatic rings. The Morgan fingerprint density at radius 2 is 1.96 bits per heavy atom. The topological polar surface area (TPSA) is 59.8 Å². The van der Waals surface area contributed by atoms with E-state index in [2.05, 4.69) is 52.3 Å². The molecule has 1 fully saturated rings. The third kappa shape index (κ3) is 4.04. The number of carbonyl (C=O) groups excluding carboxylic acids is 1. The Kier molecular flexibility index (Phi) is 4.76. The number of nitrogens with zero attached hydrogens (tertiary/aromatic N) is 3. The summed E-state index contributed by atoms with van der Waals surface area (Å²) in [5, 5.41) is 11.4. The largest absolute Gasteiger partial charge is 0.351 e. The lowest BCUT2D eigenvalue weighted by Crippen LogP contribution is -2.28. The minimum Gasteiger partial charge on any atom is -0.351 e. The van der Waals surface area contributed by atoms with Crippen LogP contribution >= 0.6 is 15.9 Å². The van der Waals surface area contributed by atoms with Crippen LogP contribution in [0.15, 0.2) is 28.7 Å². The first kappa shape index (κ1) is 17.1. The summed E-state index contributed by atoms with van der Waals surface area (Å²) in [5.74, 6) is 0.261. The van der Waals surface area contributed by atoms with E-state index in [1.54, 1.807) is 0 Å². The lowest BCUT2D eigenvalue weighted by atomic mass is 9.92. The van der Waals surface area contributed by atoms with Gasteiger partial charge < -0.3 is 5.32 Å². The van der Waals surface area contributed by atoms with E-state index < -0.39 is 0 Å². The van der Waals surface area contributed by atoms with Gasteiger partial charge in [-0.05, 0) is 48.9 Å². The molecule has 1 amide bonds. The molecule has 0 atom stereocenters. The molecule has 3 rings (SSSR count). The van der Waals surface area contributed by atoms with Crippen molar-refractivity contribution in [3.8, 4) is 5.69 Å². The number of benzene rings is 1. The van der Waals surface area contributed by atoms with Crippen LogP contribution in [0.3, 0.4) is 0 Å². The second-order valence-electron chi connectivity index (χ2n) is 7.55. The summed E-state index contributed by atoms with van der Waals surface area (Å²) >= 11 is 3.44. The quantitative estimate of drug-likeness (QED) is 0.836. The summed E-state index contributed by atoms with van der Waals surface area (Å²) in [6, 6.07) is 7.89. The smallest absolute Gasteiger partial charge is 0.273 e. The number of amides is 1.